The van der Waals surface area contributed by atoms with Gasteiger partial charge in [-0.3, -0.25) is 9.69 Å². The van der Waals surface area contributed by atoms with Gasteiger partial charge in [0.1, 0.15) is 10.5 Å². The van der Waals surface area contributed by atoms with E-state index in [0.29, 0.717) is 17.1 Å². The number of carbonyl (C=O) groups is 2. The predicted octanol–water partition coefficient (Wildman–Crippen LogP) is 3.83. The Morgan fingerprint density at radius 1 is 1.21 bits per heavy atom. The van der Waals surface area contributed by atoms with Crippen LogP contribution in [0.2, 0.25) is 0 Å². The topological polar surface area (TPSA) is 58.6 Å². The van der Waals surface area contributed by atoms with Crippen molar-refractivity contribution in [2.24, 2.45) is 0 Å². The van der Waals surface area contributed by atoms with E-state index in [1.807, 2.05) is 33.1 Å². The van der Waals surface area contributed by atoms with Gasteiger partial charge in [-0.1, -0.05) is 12.8 Å². The van der Waals surface area contributed by atoms with Crippen molar-refractivity contribution >= 4 is 28.9 Å². The molecule has 0 aromatic carbocycles. The summed E-state index contributed by atoms with van der Waals surface area (Å²) in [7, 11) is 0. The molecule has 2 heterocycles. The number of rotatable bonds is 4. The molecule has 134 valence electrons. The molecule has 0 radical (unpaired) electrons. The van der Waals surface area contributed by atoms with Gasteiger partial charge in [0.25, 0.3) is 0 Å². The molecular formula is C18H28N2O3S. The van der Waals surface area contributed by atoms with Crippen LogP contribution in [0.4, 0.5) is 5.69 Å². The van der Waals surface area contributed by atoms with Gasteiger partial charge < -0.3 is 10.1 Å². The second-order valence-corrected chi connectivity index (χ2v) is 8.24. The zero-order chi connectivity index (χ0) is 17.7. The Bertz CT molecular complexity index is 582. The van der Waals surface area contributed by atoms with E-state index in [-0.39, 0.29) is 11.9 Å². The van der Waals surface area contributed by atoms with Gasteiger partial charge in [0.05, 0.1) is 12.2 Å². The molecular weight excluding hydrogens is 324 g/mol. The lowest BCUT2D eigenvalue weighted by Crippen LogP contribution is -2.34. The maximum absolute atomic E-state index is 12.4. The van der Waals surface area contributed by atoms with Crippen LogP contribution in [0.5, 0.6) is 0 Å². The average molecular weight is 353 g/mol. The molecule has 1 N–H and O–H groups in total. The quantitative estimate of drug-likeness (QED) is 0.837. The number of aryl methyl sites for hydroxylation is 1. The number of anilines is 1. The van der Waals surface area contributed by atoms with E-state index in [1.54, 1.807) is 0 Å². The molecule has 1 saturated heterocycles. The molecule has 0 atom stereocenters. The Balaban J connectivity index is 2.02. The van der Waals surface area contributed by atoms with Crippen LogP contribution in [0.3, 0.4) is 0 Å². The number of hydrogen-bond donors (Lipinski definition) is 1. The summed E-state index contributed by atoms with van der Waals surface area (Å²) in [5.41, 5.74) is 0.932. The maximum Gasteiger partial charge on any atom is 0.351 e. The van der Waals surface area contributed by atoms with Crippen molar-refractivity contribution in [1.82, 2.24) is 4.90 Å². The fourth-order valence-corrected chi connectivity index (χ4v) is 3.63. The molecule has 24 heavy (non-hydrogen) atoms. The number of amides is 1. The summed E-state index contributed by atoms with van der Waals surface area (Å²) >= 11 is 1.31. The van der Waals surface area contributed by atoms with Crippen LogP contribution < -0.4 is 5.32 Å². The Kier molecular flexibility index (Phi) is 6.40. The van der Waals surface area contributed by atoms with Crippen LogP contribution >= 0.6 is 11.3 Å². The van der Waals surface area contributed by atoms with E-state index in [2.05, 4.69) is 10.2 Å². The van der Waals surface area contributed by atoms with Crippen LogP contribution in [0.25, 0.3) is 0 Å². The fraction of sp³-hybridized carbons (Fsp3) is 0.667. The van der Waals surface area contributed by atoms with Crippen molar-refractivity contribution in [3.63, 3.8) is 0 Å². The molecule has 1 fully saturated rings. The van der Waals surface area contributed by atoms with E-state index < -0.39 is 5.60 Å². The molecule has 1 aromatic heterocycles. The number of carbonyl (C=O) groups excluding carboxylic acids is 2. The monoisotopic (exact) mass is 352 g/mol. The smallest absolute Gasteiger partial charge is 0.351 e. The summed E-state index contributed by atoms with van der Waals surface area (Å²) in [5.74, 6) is -0.450. The minimum Gasteiger partial charge on any atom is -0.456 e. The standard InChI is InChI=1S/C18H28N2O3S/c1-13-12-24-16(17(22)23-18(2,3)4)15(13)19-14(21)11-20-9-7-5-6-8-10-20/h12H,5-11H2,1-4H3,(H,19,21). The molecule has 2 rings (SSSR count). The Hall–Kier alpha value is -1.40. The van der Waals surface area contributed by atoms with Crippen molar-refractivity contribution in [3.8, 4) is 0 Å². The number of hydrogen-bond acceptors (Lipinski definition) is 5. The molecule has 5 nitrogen and oxygen atoms in total. The summed E-state index contributed by atoms with van der Waals surface area (Å²) in [5, 5.41) is 4.80. The normalized spacial score (nSPS) is 16.5. The van der Waals surface area contributed by atoms with Gasteiger partial charge in [-0.25, -0.2) is 4.79 Å². The van der Waals surface area contributed by atoms with Crippen molar-refractivity contribution in [3.05, 3.63) is 15.8 Å². The fourth-order valence-electron chi connectivity index (χ4n) is 2.75. The Morgan fingerprint density at radius 2 is 1.83 bits per heavy atom. The molecule has 0 saturated carbocycles. The van der Waals surface area contributed by atoms with E-state index in [4.69, 9.17) is 4.74 Å². The minimum absolute atomic E-state index is 0.0665. The molecule has 6 heteroatoms. The SMILES string of the molecule is Cc1csc(C(=O)OC(C)(C)C)c1NC(=O)CN1CCCCCC1. The largest absolute Gasteiger partial charge is 0.456 e. The lowest BCUT2D eigenvalue weighted by atomic mass is 10.2. The number of nitrogens with one attached hydrogen (secondary N) is 1. The van der Waals surface area contributed by atoms with E-state index in [9.17, 15) is 9.59 Å². The third-order valence-corrected chi connectivity index (χ3v) is 4.97. The molecule has 1 aliphatic rings. The van der Waals surface area contributed by atoms with Crippen molar-refractivity contribution < 1.29 is 14.3 Å². The number of esters is 1. The van der Waals surface area contributed by atoms with Gasteiger partial charge in [0.15, 0.2) is 0 Å². The van der Waals surface area contributed by atoms with E-state index >= 15 is 0 Å². The third-order valence-electron chi connectivity index (χ3n) is 3.89. The second-order valence-electron chi connectivity index (χ2n) is 7.36. The van der Waals surface area contributed by atoms with Crippen LogP contribution in [-0.4, -0.2) is 42.0 Å². The molecule has 0 bridgehead atoms. The highest BCUT2D eigenvalue weighted by Gasteiger charge is 2.24. The van der Waals surface area contributed by atoms with Gasteiger partial charge >= 0.3 is 5.97 Å². The highest BCUT2D eigenvalue weighted by Crippen LogP contribution is 2.29. The van der Waals surface area contributed by atoms with Crippen LogP contribution in [0, 0.1) is 6.92 Å². The molecule has 0 spiro atoms. The first-order valence-corrected chi connectivity index (χ1v) is 9.48. The zero-order valence-corrected chi connectivity index (χ0v) is 15.9. The number of likely N-dealkylation sites (tertiary alicyclic amines) is 1. The first-order valence-electron chi connectivity index (χ1n) is 8.60. The number of nitrogens with zero attached hydrogens (tertiary/aromatic N) is 1. The highest BCUT2D eigenvalue weighted by atomic mass is 32.1. The number of ether oxygens (including phenoxy) is 1. The lowest BCUT2D eigenvalue weighted by molar-refractivity contribution is -0.117. The lowest BCUT2D eigenvalue weighted by Gasteiger charge is -2.21. The summed E-state index contributed by atoms with van der Waals surface area (Å²) in [6, 6.07) is 0. The van der Waals surface area contributed by atoms with Gasteiger partial charge in [0.2, 0.25) is 5.91 Å². The van der Waals surface area contributed by atoms with Gasteiger partial charge in [-0.15, -0.1) is 11.3 Å². The first kappa shape index (κ1) is 18.9. The van der Waals surface area contributed by atoms with Gasteiger partial charge in [-0.2, -0.15) is 0 Å². The number of thiophene rings is 1. The second kappa shape index (κ2) is 8.12. The summed E-state index contributed by atoms with van der Waals surface area (Å²) in [6.07, 6.45) is 4.77. The average Bonchev–Trinajstić information content (AvgIpc) is 2.68. The zero-order valence-electron chi connectivity index (χ0n) is 15.1. The summed E-state index contributed by atoms with van der Waals surface area (Å²) in [4.78, 5) is 27.4. The first-order chi connectivity index (χ1) is 11.3. The molecule has 0 aliphatic carbocycles. The van der Waals surface area contributed by atoms with Crippen LogP contribution in [0.1, 0.15) is 61.7 Å². The summed E-state index contributed by atoms with van der Waals surface area (Å²) < 4.78 is 5.44. The van der Waals surface area contributed by atoms with Crippen molar-refractivity contribution in [1.29, 1.82) is 0 Å². The molecule has 1 aromatic rings. The third kappa shape index (κ3) is 5.60. The van der Waals surface area contributed by atoms with Gasteiger partial charge in [-0.05, 0) is 64.6 Å². The predicted molar refractivity (Wildman–Crippen MR) is 97.8 cm³/mol. The van der Waals surface area contributed by atoms with E-state index in [1.165, 1.54) is 24.2 Å². The highest BCUT2D eigenvalue weighted by molar-refractivity contribution is 7.12. The van der Waals surface area contributed by atoms with Crippen molar-refractivity contribution in [2.45, 2.75) is 59.0 Å². The van der Waals surface area contributed by atoms with Crippen LogP contribution in [-0.2, 0) is 9.53 Å². The minimum atomic E-state index is -0.553. The van der Waals surface area contributed by atoms with Gasteiger partial charge in [0, 0.05) is 0 Å². The molecule has 1 amide bonds. The van der Waals surface area contributed by atoms with E-state index in [0.717, 1.165) is 31.5 Å². The molecule has 1 aliphatic heterocycles. The summed E-state index contributed by atoms with van der Waals surface area (Å²) in [6.45, 7) is 9.72. The Morgan fingerprint density at radius 3 is 2.42 bits per heavy atom. The Labute approximate surface area is 148 Å². The maximum atomic E-state index is 12.4. The molecule has 0 unspecified atom stereocenters. The van der Waals surface area contributed by atoms with Crippen LogP contribution in [0.15, 0.2) is 5.38 Å². The van der Waals surface area contributed by atoms with Crippen molar-refractivity contribution in [2.75, 3.05) is 25.0 Å².